The van der Waals surface area contributed by atoms with Crippen LogP contribution >= 0.6 is 0 Å². The molecule has 0 bridgehead atoms. The predicted octanol–water partition coefficient (Wildman–Crippen LogP) is 2.78. The number of pyridine rings is 1. The number of carbonyl (C=O) groups excluding carboxylic acids is 1. The number of amides is 2. The minimum Gasteiger partial charge on any atom is -0.493 e. The molecule has 1 N–H and O–H groups in total. The zero-order valence-electron chi connectivity index (χ0n) is 14.3. The summed E-state index contributed by atoms with van der Waals surface area (Å²) in [5.74, 6) is 1.83. The van der Waals surface area contributed by atoms with Crippen molar-refractivity contribution in [2.24, 2.45) is 0 Å². The number of urea groups is 1. The van der Waals surface area contributed by atoms with Crippen molar-refractivity contribution in [1.29, 1.82) is 0 Å². The Balaban J connectivity index is 1.61. The lowest BCUT2D eigenvalue weighted by Crippen LogP contribution is -2.34. The molecule has 3 rings (SSSR count). The third kappa shape index (κ3) is 3.93. The van der Waals surface area contributed by atoms with E-state index in [1.165, 1.54) is 0 Å². The molecule has 2 amide bonds. The Labute approximate surface area is 146 Å². The zero-order chi connectivity index (χ0) is 17.6. The fraction of sp³-hybridized carbons (Fsp3) is 0.333. The molecule has 1 atom stereocenters. The van der Waals surface area contributed by atoms with Crippen LogP contribution in [0.25, 0.3) is 0 Å². The van der Waals surface area contributed by atoms with Crippen LogP contribution < -0.4 is 19.5 Å². The molecule has 7 heteroatoms. The van der Waals surface area contributed by atoms with Crippen molar-refractivity contribution in [3.05, 3.63) is 42.7 Å². The van der Waals surface area contributed by atoms with E-state index in [-0.39, 0.29) is 12.1 Å². The molecule has 7 nitrogen and oxygen atoms in total. The molecule has 1 saturated heterocycles. The quantitative estimate of drug-likeness (QED) is 0.904. The number of methoxy groups -OCH3 is 2. The van der Waals surface area contributed by atoms with Gasteiger partial charge in [0.25, 0.3) is 0 Å². The number of benzene rings is 1. The van der Waals surface area contributed by atoms with Crippen LogP contribution in [0.2, 0.25) is 0 Å². The third-order valence-electron chi connectivity index (χ3n) is 4.03. The number of rotatable bonds is 5. The van der Waals surface area contributed by atoms with Crippen LogP contribution in [-0.4, -0.2) is 49.3 Å². The molecule has 1 aromatic carbocycles. The predicted molar refractivity (Wildman–Crippen MR) is 93.4 cm³/mol. The minimum atomic E-state index is -0.188. The fourth-order valence-electron chi connectivity index (χ4n) is 2.80. The Morgan fingerprint density at radius 2 is 2.00 bits per heavy atom. The van der Waals surface area contributed by atoms with E-state index >= 15 is 0 Å². The van der Waals surface area contributed by atoms with Gasteiger partial charge in [-0.15, -0.1) is 0 Å². The number of nitrogens with zero attached hydrogens (tertiary/aromatic N) is 2. The standard InChI is InChI=1S/C18H21N3O4/c1-23-16-5-3-4-15(17(16)24-2)20-18(22)21-11-8-14(12-21)25-13-6-9-19-10-7-13/h3-7,9-10,14H,8,11-12H2,1-2H3,(H,20,22). The number of hydrogen-bond donors (Lipinski definition) is 1. The van der Waals surface area contributed by atoms with E-state index in [0.29, 0.717) is 30.3 Å². The number of hydrogen-bond acceptors (Lipinski definition) is 5. The molecular weight excluding hydrogens is 322 g/mol. The zero-order valence-corrected chi connectivity index (χ0v) is 14.3. The molecule has 0 saturated carbocycles. The second-order valence-electron chi connectivity index (χ2n) is 5.63. The highest BCUT2D eigenvalue weighted by atomic mass is 16.5. The van der Waals surface area contributed by atoms with Crippen LogP contribution in [0.1, 0.15) is 6.42 Å². The van der Waals surface area contributed by atoms with Gasteiger partial charge in [0, 0.05) is 25.4 Å². The Hall–Kier alpha value is -2.96. The van der Waals surface area contributed by atoms with Gasteiger partial charge in [-0.25, -0.2) is 4.79 Å². The smallest absolute Gasteiger partial charge is 0.322 e. The highest BCUT2D eigenvalue weighted by Crippen LogP contribution is 2.35. The highest BCUT2D eigenvalue weighted by Gasteiger charge is 2.28. The average Bonchev–Trinajstić information content (AvgIpc) is 3.11. The number of ether oxygens (including phenoxy) is 3. The molecule has 2 heterocycles. The number of carbonyl (C=O) groups is 1. The van der Waals surface area contributed by atoms with Crippen molar-refractivity contribution in [1.82, 2.24) is 9.88 Å². The molecule has 0 aliphatic carbocycles. The van der Waals surface area contributed by atoms with Gasteiger partial charge in [0.1, 0.15) is 11.9 Å². The summed E-state index contributed by atoms with van der Waals surface area (Å²) in [7, 11) is 3.10. The highest BCUT2D eigenvalue weighted by molar-refractivity contribution is 5.91. The number of para-hydroxylation sites is 1. The molecule has 0 spiro atoms. The lowest BCUT2D eigenvalue weighted by molar-refractivity contribution is 0.194. The molecule has 0 radical (unpaired) electrons. The summed E-state index contributed by atoms with van der Waals surface area (Å²) in [6.07, 6.45) is 4.12. The second-order valence-corrected chi connectivity index (χ2v) is 5.63. The minimum absolute atomic E-state index is 0.0274. The van der Waals surface area contributed by atoms with Crippen LogP contribution in [0.5, 0.6) is 17.2 Å². The molecule has 1 unspecified atom stereocenters. The maximum Gasteiger partial charge on any atom is 0.322 e. The first-order valence-electron chi connectivity index (χ1n) is 8.05. The van der Waals surface area contributed by atoms with Crippen LogP contribution in [0.15, 0.2) is 42.7 Å². The van der Waals surface area contributed by atoms with E-state index < -0.39 is 0 Å². The van der Waals surface area contributed by atoms with Crippen molar-refractivity contribution in [3.63, 3.8) is 0 Å². The van der Waals surface area contributed by atoms with Crippen molar-refractivity contribution in [2.45, 2.75) is 12.5 Å². The van der Waals surface area contributed by atoms with E-state index in [4.69, 9.17) is 14.2 Å². The van der Waals surface area contributed by atoms with Crippen molar-refractivity contribution in [2.75, 3.05) is 32.6 Å². The molecule has 1 aliphatic heterocycles. The van der Waals surface area contributed by atoms with Gasteiger partial charge in [-0.3, -0.25) is 4.98 Å². The largest absolute Gasteiger partial charge is 0.493 e. The lowest BCUT2D eigenvalue weighted by atomic mass is 10.2. The summed E-state index contributed by atoms with van der Waals surface area (Å²) in [5, 5.41) is 2.88. The summed E-state index contributed by atoms with van der Waals surface area (Å²) in [4.78, 5) is 18.2. The van der Waals surface area contributed by atoms with Gasteiger partial charge >= 0.3 is 6.03 Å². The first-order valence-corrected chi connectivity index (χ1v) is 8.05. The Morgan fingerprint density at radius 1 is 1.20 bits per heavy atom. The Morgan fingerprint density at radius 3 is 2.72 bits per heavy atom. The molecule has 1 fully saturated rings. The van der Waals surface area contributed by atoms with E-state index in [1.807, 2.05) is 12.1 Å². The lowest BCUT2D eigenvalue weighted by Gasteiger charge is -2.19. The third-order valence-corrected chi connectivity index (χ3v) is 4.03. The van der Waals surface area contributed by atoms with Gasteiger partial charge in [-0.1, -0.05) is 6.07 Å². The maximum absolute atomic E-state index is 12.5. The van der Waals surface area contributed by atoms with Crippen molar-refractivity contribution in [3.8, 4) is 17.2 Å². The first kappa shape index (κ1) is 16.9. The maximum atomic E-state index is 12.5. The second kappa shape index (κ2) is 7.74. The van der Waals surface area contributed by atoms with Crippen molar-refractivity contribution >= 4 is 11.7 Å². The van der Waals surface area contributed by atoms with Crippen LogP contribution in [0, 0.1) is 0 Å². The van der Waals surface area contributed by atoms with Gasteiger partial charge < -0.3 is 24.4 Å². The molecular formula is C18H21N3O4. The normalized spacial score (nSPS) is 16.4. The van der Waals surface area contributed by atoms with E-state index in [2.05, 4.69) is 10.3 Å². The summed E-state index contributed by atoms with van der Waals surface area (Å²) >= 11 is 0. The molecule has 1 aliphatic rings. The van der Waals surface area contributed by atoms with Gasteiger partial charge in [-0.2, -0.15) is 0 Å². The van der Waals surface area contributed by atoms with Crippen LogP contribution in [0.3, 0.4) is 0 Å². The van der Waals surface area contributed by atoms with Gasteiger partial charge in [0.2, 0.25) is 0 Å². The van der Waals surface area contributed by atoms with E-state index in [0.717, 1.165) is 12.2 Å². The number of nitrogens with one attached hydrogen (secondary N) is 1. The first-order chi connectivity index (χ1) is 12.2. The van der Waals surface area contributed by atoms with E-state index in [9.17, 15) is 4.79 Å². The molecule has 25 heavy (non-hydrogen) atoms. The van der Waals surface area contributed by atoms with Crippen LogP contribution in [0.4, 0.5) is 10.5 Å². The molecule has 2 aromatic rings. The monoisotopic (exact) mass is 343 g/mol. The SMILES string of the molecule is COc1cccc(NC(=O)N2CCC(Oc3ccncc3)C2)c1OC. The number of anilines is 1. The molecule has 132 valence electrons. The van der Waals surface area contributed by atoms with Crippen LogP contribution in [-0.2, 0) is 0 Å². The fourth-order valence-corrected chi connectivity index (χ4v) is 2.80. The topological polar surface area (TPSA) is 72.9 Å². The number of likely N-dealkylation sites (tertiary alicyclic amines) is 1. The molecule has 1 aromatic heterocycles. The van der Waals surface area contributed by atoms with Gasteiger partial charge in [-0.05, 0) is 24.3 Å². The summed E-state index contributed by atoms with van der Waals surface area (Å²) in [5.41, 5.74) is 0.574. The average molecular weight is 343 g/mol. The Kier molecular flexibility index (Phi) is 5.23. The van der Waals surface area contributed by atoms with Gasteiger partial charge in [0.05, 0.1) is 26.5 Å². The summed E-state index contributed by atoms with van der Waals surface area (Å²) in [6.45, 7) is 1.16. The number of aromatic nitrogens is 1. The van der Waals surface area contributed by atoms with Gasteiger partial charge in [0.15, 0.2) is 11.5 Å². The summed E-state index contributed by atoms with van der Waals surface area (Å²) in [6, 6.07) is 8.79. The van der Waals surface area contributed by atoms with Crippen molar-refractivity contribution < 1.29 is 19.0 Å². The summed E-state index contributed by atoms with van der Waals surface area (Å²) < 4.78 is 16.5. The van der Waals surface area contributed by atoms with E-state index in [1.54, 1.807) is 49.7 Å². The Bertz CT molecular complexity index is 724.